The van der Waals surface area contributed by atoms with Crippen LogP contribution in [0.1, 0.15) is 79.1 Å². The molecule has 0 radical (unpaired) electrons. The molecule has 3 aromatic rings. The molecule has 3 heterocycles. The maximum absolute atomic E-state index is 13.8. The first-order valence-corrected chi connectivity index (χ1v) is 17.0. The number of nitrogens with zero attached hydrogens (tertiary/aromatic N) is 4. The zero-order valence-corrected chi connectivity index (χ0v) is 28.6. The van der Waals surface area contributed by atoms with E-state index in [0.717, 1.165) is 24.4 Å². The fourth-order valence-electron chi connectivity index (χ4n) is 5.78. The summed E-state index contributed by atoms with van der Waals surface area (Å²) < 4.78 is 154. The lowest BCUT2D eigenvalue weighted by Crippen LogP contribution is -2.46. The van der Waals surface area contributed by atoms with E-state index in [1.807, 2.05) is 0 Å². The number of halogens is 9. The number of alkyl halides is 9. The second kappa shape index (κ2) is 15.7. The summed E-state index contributed by atoms with van der Waals surface area (Å²) in [5.41, 5.74) is -2.12. The minimum absolute atomic E-state index is 0.00572. The van der Waals surface area contributed by atoms with Crippen LogP contribution in [-0.2, 0) is 45.2 Å². The molecule has 2 aliphatic rings. The van der Waals surface area contributed by atoms with E-state index in [1.165, 1.54) is 4.90 Å². The smallest absolute Gasteiger partial charge is 0.416 e. The molecule has 0 spiro atoms. The summed E-state index contributed by atoms with van der Waals surface area (Å²) in [7, 11) is 0. The number of nitrogens with one attached hydrogen (secondary N) is 2. The molecule has 0 fully saturated rings. The van der Waals surface area contributed by atoms with Gasteiger partial charge in [0.1, 0.15) is 5.84 Å². The number of hydrogen-bond donors (Lipinski definition) is 2. The number of anilines is 2. The molecule has 2 aliphatic heterocycles. The van der Waals surface area contributed by atoms with Crippen LogP contribution in [0.2, 0.25) is 0 Å². The Bertz CT molecular complexity index is 1840. The van der Waals surface area contributed by atoms with Crippen LogP contribution in [0.25, 0.3) is 0 Å². The third-order valence-electron chi connectivity index (χ3n) is 8.18. The van der Waals surface area contributed by atoms with Crippen LogP contribution < -0.4 is 20.4 Å². The minimum atomic E-state index is -5.12. The van der Waals surface area contributed by atoms with Crippen molar-refractivity contribution < 1.29 is 62.3 Å². The Kier molecular flexibility index (Phi) is 11.8. The van der Waals surface area contributed by atoms with Crippen LogP contribution in [0, 0.1) is 0 Å². The molecule has 1 amide bonds. The molecule has 5 rings (SSSR count). The van der Waals surface area contributed by atoms with Crippen LogP contribution in [0.5, 0.6) is 5.75 Å². The fourth-order valence-corrected chi connectivity index (χ4v) is 6.29. The predicted octanol–water partition coefficient (Wildman–Crippen LogP) is 8.09. The normalized spacial score (nSPS) is 19.0. The Labute approximate surface area is 298 Å². The van der Waals surface area contributed by atoms with Gasteiger partial charge in [0.2, 0.25) is 5.95 Å². The third kappa shape index (κ3) is 9.67. The van der Waals surface area contributed by atoms with Gasteiger partial charge in [-0.15, -0.1) is 4.40 Å². The number of carbonyl (C=O) groups is 1. The first kappa shape index (κ1) is 39.5. The fraction of sp³-hybridized carbons (Fsp3) is 0.438. The number of aromatic nitrogens is 2. The van der Waals surface area contributed by atoms with Crippen LogP contribution >= 0.6 is 0 Å². The average Bonchev–Trinajstić information content (AvgIpc) is 3.50. The van der Waals surface area contributed by atoms with Crippen molar-refractivity contribution in [1.29, 1.82) is 0 Å². The summed E-state index contributed by atoms with van der Waals surface area (Å²) in [6, 6.07) is 2.42. The van der Waals surface area contributed by atoms with Gasteiger partial charge in [-0.25, -0.2) is 24.5 Å². The molecule has 0 saturated carbocycles. The summed E-state index contributed by atoms with van der Waals surface area (Å²) in [6.45, 7) is 3.26. The van der Waals surface area contributed by atoms with E-state index in [9.17, 15) is 48.5 Å². The largest absolute Gasteiger partial charge is 0.490 e. The molecule has 53 heavy (non-hydrogen) atoms. The van der Waals surface area contributed by atoms with E-state index < -0.39 is 76.6 Å². The van der Waals surface area contributed by atoms with Gasteiger partial charge >= 0.3 is 35.9 Å². The Hall–Kier alpha value is -4.66. The average molecular weight is 783 g/mol. The summed E-state index contributed by atoms with van der Waals surface area (Å²) >= 11 is -1.90. The third-order valence-corrected chi connectivity index (χ3v) is 8.78. The number of carbonyl (C=O) groups excluding carboxylic acids is 1. The zero-order chi connectivity index (χ0) is 38.7. The number of amidine groups is 1. The van der Waals surface area contributed by atoms with Crippen LogP contribution in [0.15, 0.2) is 47.0 Å². The molecule has 0 saturated heterocycles. The van der Waals surface area contributed by atoms with Gasteiger partial charge < -0.3 is 14.8 Å². The number of hydroxylamine groups is 1. The highest BCUT2D eigenvalue weighted by Gasteiger charge is 2.40. The van der Waals surface area contributed by atoms with Gasteiger partial charge in [0.15, 0.2) is 5.75 Å². The molecule has 288 valence electrons. The van der Waals surface area contributed by atoms with E-state index in [1.54, 1.807) is 13.8 Å². The summed E-state index contributed by atoms with van der Waals surface area (Å²) in [5.74, 6) is -0.0850. The van der Waals surface area contributed by atoms with Crippen molar-refractivity contribution in [2.75, 3.05) is 23.4 Å². The lowest BCUT2D eigenvalue weighted by Gasteiger charge is -2.40. The van der Waals surface area contributed by atoms with Crippen molar-refractivity contribution in [3.8, 4) is 5.75 Å². The van der Waals surface area contributed by atoms with Gasteiger partial charge in [-0.05, 0) is 73.7 Å². The maximum atomic E-state index is 13.8. The van der Waals surface area contributed by atoms with Gasteiger partial charge in [0.05, 0.1) is 53.5 Å². The Morgan fingerprint density at radius 1 is 1.00 bits per heavy atom. The minimum Gasteiger partial charge on any atom is -0.490 e. The highest BCUT2D eigenvalue weighted by atomic mass is 32.2. The number of amides is 1. The number of fused-ring (bicyclic) bond motifs is 1. The highest BCUT2D eigenvalue weighted by Crippen LogP contribution is 2.43. The molecular weight excluding hydrogens is 751 g/mol. The first-order chi connectivity index (χ1) is 24.9. The van der Waals surface area contributed by atoms with Gasteiger partial charge in [0.25, 0.3) is 0 Å². The molecule has 1 unspecified atom stereocenters. The zero-order valence-electron chi connectivity index (χ0n) is 27.8. The van der Waals surface area contributed by atoms with E-state index in [-0.39, 0.29) is 73.0 Å². The van der Waals surface area contributed by atoms with Crippen LogP contribution in [-0.4, -0.2) is 45.4 Å². The Morgan fingerprint density at radius 3 is 2.26 bits per heavy atom. The summed E-state index contributed by atoms with van der Waals surface area (Å²) in [5, 5.41) is 2.95. The van der Waals surface area contributed by atoms with E-state index >= 15 is 0 Å². The molecular formula is C32H31F9N6O5S. The van der Waals surface area contributed by atoms with E-state index in [0.29, 0.717) is 18.6 Å². The van der Waals surface area contributed by atoms with E-state index in [4.69, 9.17) is 9.47 Å². The monoisotopic (exact) mass is 782 g/mol. The van der Waals surface area contributed by atoms with Crippen molar-refractivity contribution in [3.63, 3.8) is 0 Å². The van der Waals surface area contributed by atoms with Gasteiger partial charge in [-0.3, -0.25) is 4.90 Å². The van der Waals surface area contributed by atoms with Crippen LogP contribution in [0.3, 0.4) is 0 Å². The second-order valence-corrected chi connectivity index (χ2v) is 12.6. The summed E-state index contributed by atoms with van der Waals surface area (Å²) in [6.07, 6.45) is -14.4. The summed E-state index contributed by atoms with van der Waals surface area (Å²) in [4.78, 5) is 22.8. The maximum Gasteiger partial charge on any atom is 0.416 e. The van der Waals surface area contributed by atoms with Gasteiger partial charge in [-0.1, -0.05) is 6.92 Å². The lowest BCUT2D eigenvalue weighted by atomic mass is 9.89. The van der Waals surface area contributed by atoms with Gasteiger partial charge in [-0.2, -0.15) is 43.8 Å². The SMILES string of the molecule is CCOC(=O)N1c2ccc(C(F)(F)F)cc2[C@@H](Nc2ncc(OCCCC3=NS(=O)ON3)c(Cc3cc(C(F)(F)F)cc(C(F)(F)F)c3)n2)C[C@H]1CC. The Morgan fingerprint density at radius 2 is 1.68 bits per heavy atom. The van der Waals surface area contributed by atoms with Gasteiger partial charge in [0, 0.05) is 18.9 Å². The number of ether oxygens (including phenoxy) is 2. The molecule has 3 atom stereocenters. The molecule has 0 bridgehead atoms. The molecule has 2 N–H and O–H groups in total. The van der Waals surface area contributed by atoms with Crippen molar-refractivity contribution in [2.24, 2.45) is 4.40 Å². The molecule has 11 nitrogen and oxygen atoms in total. The standard InChI is InChI=1S/C32H31F9N6O5S/c1-3-21-15-23(22-14-18(30(33,34)35)7-8-25(22)47(21)29(48)50-4-2)43-28-42-16-26(51-9-5-6-27-45-52-53(49)46-27)24(44-28)12-17-10-19(31(36,37)38)13-20(11-17)32(39,40)41/h7-8,10-11,13-14,16,21,23H,3-6,9,12,15H2,1-2H3,(H,45,46)(H,42,43,44)/t21-,23+,53?/m1/s1. The highest BCUT2D eigenvalue weighted by molar-refractivity contribution is 7.79. The quantitative estimate of drug-likeness (QED) is 0.147. The lowest BCUT2D eigenvalue weighted by molar-refractivity contribution is -0.143. The van der Waals surface area contributed by atoms with Crippen molar-refractivity contribution in [2.45, 2.75) is 76.6 Å². The number of rotatable bonds is 11. The Balaban J connectivity index is 1.52. The van der Waals surface area contributed by atoms with E-state index in [2.05, 4.69) is 29.4 Å². The molecule has 1 aromatic heterocycles. The number of benzene rings is 2. The predicted molar refractivity (Wildman–Crippen MR) is 172 cm³/mol. The topological polar surface area (TPSA) is 127 Å². The van der Waals surface area contributed by atoms with Crippen LogP contribution in [0.4, 0.5) is 55.9 Å². The molecule has 21 heteroatoms. The van der Waals surface area contributed by atoms with Crippen molar-refractivity contribution in [3.05, 3.63) is 76.1 Å². The second-order valence-electron chi connectivity index (χ2n) is 11.8. The first-order valence-electron chi connectivity index (χ1n) is 16.0. The van der Waals surface area contributed by atoms with Crippen molar-refractivity contribution in [1.82, 2.24) is 15.4 Å². The molecule has 0 aliphatic carbocycles. The van der Waals surface area contributed by atoms with Crippen molar-refractivity contribution >= 4 is 34.8 Å². The molecule has 2 aromatic carbocycles. The number of hydrogen-bond acceptors (Lipinski definition) is 9.